The highest BCUT2D eigenvalue weighted by molar-refractivity contribution is 5.83. The lowest BCUT2D eigenvalue weighted by Crippen LogP contribution is -2.58. The van der Waals surface area contributed by atoms with Crippen LogP contribution < -0.4 is 5.73 Å². The van der Waals surface area contributed by atoms with Crippen molar-refractivity contribution in [1.82, 2.24) is 4.90 Å². The molecule has 0 rings (SSSR count). The van der Waals surface area contributed by atoms with Crippen LogP contribution in [0.15, 0.2) is 0 Å². The van der Waals surface area contributed by atoms with E-state index in [2.05, 4.69) is 27.7 Å². The van der Waals surface area contributed by atoms with Crippen molar-refractivity contribution in [1.29, 1.82) is 0 Å². The summed E-state index contributed by atoms with van der Waals surface area (Å²) in [6.07, 6.45) is 0. The van der Waals surface area contributed by atoms with Crippen LogP contribution in [0.25, 0.3) is 0 Å². The van der Waals surface area contributed by atoms with Crippen molar-refractivity contribution >= 4 is 5.91 Å². The lowest BCUT2D eigenvalue weighted by molar-refractivity contribution is -0.146. The molecule has 0 aromatic rings. The van der Waals surface area contributed by atoms with Gasteiger partial charge in [-0.15, -0.1) is 0 Å². The van der Waals surface area contributed by atoms with Gasteiger partial charge >= 0.3 is 0 Å². The summed E-state index contributed by atoms with van der Waals surface area (Å²) in [5.41, 5.74) is 5.07. The molecule has 3 heteroatoms. The van der Waals surface area contributed by atoms with Crippen LogP contribution in [0, 0.1) is 11.3 Å². The third-order valence-corrected chi connectivity index (χ3v) is 3.59. The molecule has 0 saturated carbocycles. The number of hydrogen-bond acceptors (Lipinski definition) is 2. The molecular weight excluding hydrogens is 212 g/mol. The van der Waals surface area contributed by atoms with Crippen LogP contribution in [0.3, 0.4) is 0 Å². The summed E-state index contributed by atoms with van der Waals surface area (Å²) in [6, 6.07) is 0.214. The second kappa shape index (κ2) is 5.38. The summed E-state index contributed by atoms with van der Waals surface area (Å²) in [6.45, 7) is 16.9. The quantitative estimate of drug-likeness (QED) is 0.805. The number of hydrogen-bond donors (Lipinski definition) is 1. The van der Waals surface area contributed by atoms with Crippen molar-refractivity contribution in [2.24, 2.45) is 17.1 Å². The summed E-state index contributed by atoms with van der Waals surface area (Å²) < 4.78 is 0. The minimum Gasteiger partial charge on any atom is -0.339 e. The van der Waals surface area contributed by atoms with E-state index in [1.54, 1.807) is 0 Å². The van der Waals surface area contributed by atoms with E-state index in [4.69, 9.17) is 5.73 Å². The smallest absolute Gasteiger partial charge is 0.230 e. The van der Waals surface area contributed by atoms with Crippen molar-refractivity contribution in [3.8, 4) is 0 Å². The SMILES string of the molecule is CC(C)CN(C(=O)C(C)(C)C(C)(C)N)C(C)C. The molecule has 0 atom stereocenters. The van der Waals surface area contributed by atoms with Crippen molar-refractivity contribution in [2.75, 3.05) is 6.54 Å². The Kier molecular flexibility index (Phi) is 5.20. The van der Waals surface area contributed by atoms with Crippen LogP contribution in [-0.2, 0) is 4.79 Å². The number of nitrogens with zero attached hydrogens (tertiary/aromatic N) is 1. The van der Waals surface area contributed by atoms with Crippen LogP contribution in [0.4, 0.5) is 0 Å². The highest BCUT2D eigenvalue weighted by atomic mass is 16.2. The van der Waals surface area contributed by atoms with Crippen LogP contribution >= 0.6 is 0 Å². The summed E-state index contributed by atoms with van der Waals surface area (Å²) in [4.78, 5) is 14.6. The monoisotopic (exact) mass is 242 g/mol. The van der Waals surface area contributed by atoms with Crippen LogP contribution in [0.1, 0.15) is 55.4 Å². The molecule has 1 amide bonds. The normalized spacial score (nSPS) is 13.4. The van der Waals surface area contributed by atoms with Gasteiger partial charge in [0, 0.05) is 18.1 Å². The molecule has 0 unspecified atom stereocenters. The first-order valence-electron chi connectivity index (χ1n) is 6.51. The molecule has 0 aliphatic carbocycles. The van der Waals surface area contributed by atoms with E-state index in [0.29, 0.717) is 5.92 Å². The van der Waals surface area contributed by atoms with Gasteiger partial charge < -0.3 is 10.6 Å². The standard InChI is InChI=1S/C14H30N2O/c1-10(2)9-16(11(3)4)12(17)13(5,6)14(7,8)15/h10-11H,9,15H2,1-8H3. The molecule has 0 radical (unpaired) electrons. The fourth-order valence-corrected chi connectivity index (χ4v) is 1.56. The highest BCUT2D eigenvalue weighted by Gasteiger charge is 2.43. The zero-order valence-corrected chi connectivity index (χ0v) is 12.8. The number of amides is 1. The first-order valence-corrected chi connectivity index (χ1v) is 6.51. The third kappa shape index (κ3) is 3.98. The number of carbonyl (C=O) groups is 1. The largest absolute Gasteiger partial charge is 0.339 e. The Labute approximate surface area is 107 Å². The predicted molar refractivity (Wildman–Crippen MR) is 73.7 cm³/mol. The van der Waals surface area contributed by atoms with E-state index < -0.39 is 11.0 Å². The van der Waals surface area contributed by atoms with E-state index in [-0.39, 0.29) is 11.9 Å². The van der Waals surface area contributed by atoms with Crippen molar-refractivity contribution in [2.45, 2.75) is 67.0 Å². The van der Waals surface area contributed by atoms with Crippen molar-refractivity contribution in [3.63, 3.8) is 0 Å². The molecule has 0 spiro atoms. The maximum Gasteiger partial charge on any atom is 0.230 e. The van der Waals surface area contributed by atoms with Crippen LogP contribution in [0.5, 0.6) is 0 Å². The summed E-state index contributed by atoms with van der Waals surface area (Å²) in [5, 5.41) is 0. The van der Waals surface area contributed by atoms with Gasteiger partial charge in [0.15, 0.2) is 0 Å². The molecule has 0 aromatic heterocycles. The highest BCUT2D eigenvalue weighted by Crippen LogP contribution is 2.31. The molecule has 2 N–H and O–H groups in total. The minimum absolute atomic E-state index is 0.147. The first-order chi connectivity index (χ1) is 7.41. The fourth-order valence-electron chi connectivity index (χ4n) is 1.56. The van der Waals surface area contributed by atoms with Crippen LogP contribution in [-0.4, -0.2) is 28.9 Å². The van der Waals surface area contributed by atoms with E-state index in [0.717, 1.165) is 6.54 Å². The zero-order chi connectivity index (χ0) is 14.0. The Morgan fingerprint density at radius 1 is 1.12 bits per heavy atom. The van der Waals surface area contributed by atoms with Gasteiger partial charge in [0.2, 0.25) is 5.91 Å². The summed E-state index contributed by atoms with van der Waals surface area (Å²) >= 11 is 0. The number of nitrogens with two attached hydrogens (primary N) is 1. The Hall–Kier alpha value is -0.570. The number of carbonyl (C=O) groups excluding carboxylic acids is 1. The Morgan fingerprint density at radius 3 is 1.76 bits per heavy atom. The third-order valence-electron chi connectivity index (χ3n) is 3.59. The molecule has 0 aliphatic heterocycles. The van der Waals surface area contributed by atoms with Gasteiger partial charge in [-0.25, -0.2) is 0 Å². The van der Waals surface area contributed by atoms with Gasteiger partial charge in [-0.1, -0.05) is 13.8 Å². The summed E-state index contributed by atoms with van der Waals surface area (Å²) in [5.74, 6) is 0.617. The van der Waals surface area contributed by atoms with E-state index in [9.17, 15) is 4.79 Å². The predicted octanol–water partition coefficient (Wildman–Crippen LogP) is 2.64. The number of rotatable bonds is 5. The summed E-state index contributed by atoms with van der Waals surface area (Å²) in [7, 11) is 0. The maximum absolute atomic E-state index is 12.6. The van der Waals surface area contributed by atoms with Gasteiger partial charge in [0.1, 0.15) is 0 Å². The van der Waals surface area contributed by atoms with Crippen LogP contribution in [0.2, 0.25) is 0 Å². The van der Waals surface area contributed by atoms with Gasteiger partial charge in [-0.05, 0) is 47.5 Å². The van der Waals surface area contributed by atoms with Gasteiger partial charge in [0.25, 0.3) is 0 Å². The molecule has 3 nitrogen and oxygen atoms in total. The second-order valence-electron chi connectivity index (χ2n) is 6.79. The van der Waals surface area contributed by atoms with E-state index in [1.165, 1.54) is 0 Å². The van der Waals surface area contributed by atoms with E-state index in [1.807, 2.05) is 32.6 Å². The Bertz CT molecular complexity index is 262. The first kappa shape index (κ1) is 16.4. The molecule has 0 heterocycles. The molecule has 0 fully saturated rings. The molecule has 17 heavy (non-hydrogen) atoms. The minimum atomic E-state index is -0.549. The molecule has 0 bridgehead atoms. The molecule has 0 aliphatic rings. The average Bonchev–Trinajstić information content (AvgIpc) is 2.10. The Balaban J connectivity index is 5.09. The zero-order valence-electron chi connectivity index (χ0n) is 12.8. The van der Waals surface area contributed by atoms with E-state index >= 15 is 0 Å². The maximum atomic E-state index is 12.6. The van der Waals surface area contributed by atoms with Crippen molar-refractivity contribution in [3.05, 3.63) is 0 Å². The average molecular weight is 242 g/mol. The molecule has 0 saturated heterocycles. The lowest BCUT2D eigenvalue weighted by Gasteiger charge is -2.42. The topological polar surface area (TPSA) is 46.3 Å². The fraction of sp³-hybridized carbons (Fsp3) is 0.929. The molecule has 0 aromatic carbocycles. The van der Waals surface area contributed by atoms with Crippen molar-refractivity contribution < 1.29 is 4.79 Å². The van der Waals surface area contributed by atoms with Gasteiger partial charge in [-0.2, -0.15) is 0 Å². The van der Waals surface area contributed by atoms with Gasteiger partial charge in [-0.3, -0.25) is 4.79 Å². The van der Waals surface area contributed by atoms with Gasteiger partial charge in [0.05, 0.1) is 5.41 Å². The molecule has 102 valence electrons. The molecular formula is C14H30N2O. The Morgan fingerprint density at radius 2 is 1.53 bits per heavy atom. The second-order valence-corrected chi connectivity index (χ2v) is 6.79. The lowest BCUT2D eigenvalue weighted by atomic mass is 9.74.